The molecular weight excluding hydrogens is 324 g/mol. The number of aromatic nitrogens is 2. The molecule has 0 spiro atoms. The molecule has 1 atom stereocenters. The van der Waals surface area contributed by atoms with Crippen molar-refractivity contribution < 1.29 is 13.6 Å². The number of aryl methyl sites for hydroxylation is 1. The summed E-state index contributed by atoms with van der Waals surface area (Å²) in [5, 5.41) is 6.60. The summed E-state index contributed by atoms with van der Waals surface area (Å²) in [4.78, 5) is 12.4. The summed E-state index contributed by atoms with van der Waals surface area (Å²) in [6.07, 6.45) is -0.345. The Labute approximate surface area is 147 Å². The summed E-state index contributed by atoms with van der Waals surface area (Å²) in [7, 11) is 1.57. The number of nitrogens with zero attached hydrogens (tertiary/aromatic N) is 2. The van der Waals surface area contributed by atoms with Gasteiger partial charge in [0.15, 0.2) is 0 Å². The number of benzene rings is 1. The van der Waals surface area contributed by atoms with Crippen LogP contribution in [0.25, 0.3) is 0 Å². The second-order valence-electron chi connectivity index (χ2n) is 6.86. The van der Waals surface area contributed by atoms with E-state index in [1.807, 2.05) is 24.3 Å². The molecule has 1 aromatic heterocycles. The average Bonchev–Trinajstić information content (AvgIpc) is 2.87. The van der Waals surface area contributed by atoms with E-state index < -0.39 is 6.43 Å². The lowest BCUT2D eigenvalue weighted by Crippen LogP contribution is -2.17. The number of rotatable bonds is 7. The highest BCUT2D eigenvalue weighted by atomic mass is 19.3. The van der Waals surface area contributed by atoms with Crippen LogP contribution in [0, 0.1) is 5.92 Å². The van der Waals surface area contributed by atoms with E-state index in [1.54, 1.807) is 7.05 Å². The van der Waals surface area contributed by atoms with Gasteiger partial charge >= 0.3 is 0 Å². The SMILES string of the molecule is CC(C)CC(C)c1ccccc1NC(=O)Cc1cn(C)nc1C(F)F. The van der Waals surface area contributed by atoms with Crippen molar-refractivity contribution in [1.82, 2.24) is 9.78 Å². The van der Waals surface area contributed by atoms with Crippen LogP contribution in [0.4, 0.5) is 14.5 Å². The van der Waals surface area contributed by atoms with Gasteiger partial charge in [-0.2, -0.15) is 5.10 Å². The van der Waals surface area contributed by atoms with Gasteiger partial charge in [0.25, 0.3) is 6.43 Å². The van der Waals surface area contributed by atoms with E-state index in [0.29, 0.717) is 11.8 Å². The van der Waals surface area contributed by atoms with Crippen molar-refractivity contribution in [3.63, 3.8) is 0 Å². The van der Waals surface area contributed by atoms with Crippen LogP contribution in [0.15, 0.2) is 30.5 Å². The molecule has 0 saturated heterocycles. The van der Waals surface area contributed by atoms with E-state index >= 15 is 0 Å². The fourth-order valence-electron chi connectivity index (χ4n) is 3.12. The van der Waals surface area contributed by atoms with E-state index in [2.05, 4.69) is 31.2 Å². The normalized spacial score (nSPS) is 12.6. The molecule has 1 amide bonds. The number of hydrogen-bond donors (Lipinski definition) is 1. The first-order valence-corrected chi connectivity index (χ1v) is 8.47. The van der Waals surface area contributed by atoms with Crippen LogP contribution in [-0.2, 0) is 18.3 Å². The number of para-hydroxylation sites is 1. The maximum atomic E-state index is 13.0. The molecule has 136 valence electrons. The highest BCUT2D eigenvalue weighted by Crippen LogP contribution is 2.29. The van der Waals surface area contributed by atoms with E-state index in [1.165, 1.54) is 10.9 Å². The van der Waals surface area contributed by atoms with E-state index in [0.717, 1.165) is 17.7 Å². The van der Waals surface area contributed by atoms with E-state index in [4.69, 9.17) is 0 Å². The number of alkyl halides is 2. The van der Waals surface area contributed by atoms with Crippen LogP contribution in [0.3, 0.4) is 0 Å². The highest BCUT2D eigenvalue weighted by molar-refractivity contribution is 5.93. The van der Waals surface area contributed by atoms with Gasteiger partial charge in [-0.1, -0.05) is 39.0 Å². The topological polar surface area (TPSA) is 46.9 Å². The molecule has 2 aromatic rings. The fraction of sp³-hybridized carbons (Fsp3) is 0.474. The zero-order valence-electron chi connectivity index (χ0n) is 15.1. The molecule has 1 aromatic carbocycles. The summed E-state index contributed by atoms with van der Waals surface area (Å²) < 4.78 is 27.3. The molecule has 0 bridgehead atoms. The Morgan fingerprint density at radius 3 is 2.56 bits per heavy atom. The largest absolute Gasteiger partial charge is 0.326 e. The quantitative estimate of drug-likeness (QED) is 0.788. The second-order valence-corrected chi connectivity index (χ2v) is 6.86. The summed E-state index contributed by atoms with van der Waals surface area (Å²) in [5.41, 5.74) is 1.72. The van der Waals surface area contributed by atoms with E-state index in [-0.39, 0.29) is 23.6 Å². The molecule has 4 nitrogen and oxygen atoms in total. The van der Waals surface area contributed by atoms with Crippen LogP contribution < -0.4 is 5.32 Å². The van der Waals surface area contributed by atoms with E-state index in [9.17, 15) is 13.6 Å². The molecule has 0 saturated carbocycles. The maximum absolute atomic E-state index is 13.0. The Morgan fingerprint density at radius 2 is 1.92 bits per heavy atom. The first-order valence-electron chi connectivity index (χ1n) is 8.47. The first kappa shape index (κ1) is 19.1. The summed E-state index contributed by atoms with van der Waals surface area (Å²) in [6.45, 7) is 6.44. The third kappa shape index (κ3) is 5.11. The summed E-state index contributed by atoms with van der Waals surface area (Å²) in [5.74, 6) is 0.522. The number of carbonyl (C=O) groups excluding carboxylic acids is 1. The number of amides is 1. The third-order valence-corrected chi connectivity index (χ3v) is 4.09. The Kier molecular flexibility index (Phi) is 6.28. The molecule has 25 heavy (non-hydrogen) atoms. The van der Waals surface area contributed by atoms with Gasteiger partial charge in [-0.15, -0.1) is 0 Å². The van der Waals surface area contributed by atoms with Gasteiger partial charge in [0, 0.05) is 24.5 Å². The van der Waals surface area contributed by atoms with Gasteiger partial charge in [-0.3, -0.25) is 9.48 Å². The standard InChI is InChI=1S/C19H25F2N3O/c1-12(2)9-13(3)15-7-5-6-8-16(15)22-17(25)10-14-11-24(4)23-18(14)19(20)21/h5-8,11-13,19H,9-10H2,1-4H3,(H,22,25). The molecule has 0 radical (unpaired) electrons. The zero-order valence-corrected chi connectivity index (χ0v) is 15.1. The Morgan fingerprint density at radius 1 is 1.24 bits per heavy atom. The van der Waals surface area contributed by atoms with Crippen LogP contribution >= 0.6 is 0 Å². The minimum absolute atomic E-state index is 0.125. The molecular formula is C19H25F2N3O. The molecule has 0 aliphatic heterocycles. The second kappa shape index (κ2) is 8.23. The van der Waals surface area contributed by atoms with Gasteiger partial charge in [0.2, 0.25) is 5.91 Å². The lowest BCUT2D eigenvalue weighted by atomic mass is 9.91. The molecule has 6 heteroatoms. The van der Waals surface area contributed by atoms with Crippen molar-refractivity contribution in [3.8, 4) is 0 Å². The highest BCUT2D eigenvalue weighted by Gasteiger charge is 2.20. The number of halogens is 2. The minimum atomic E-state index is -2.69. The molecule has 1 N–H and O–H groups in total. The van der Waals surface area contributed by atoms with Crippen LogP contribution in [0.1, 0.15) is 56.4 Å². The van der Waals surface area contributed by atoms with Crippen molar-refractivity contribution >= 4 is 11.6 Å². The van der Waals surface area contributed by atoms with Crippen molar-refractivity contribution in [1.29, 1.82) is 0 Å². The molecule has 0 aliphatic carbocycles. The zero-order chi connectivity index (χ0) is 18.6. The molecule has 0 aliphatic rings. The van der Waals surface area contributed by atoms with Crippen LogP contribution in [-0.4, -0.2) is 15.7 Å². The van der Waals surface area contributed by atoms with Crippen LogP contribution in [0.5, 0.6) is 0 Å². The van der Waals surface area contributed by atoms with Crippen molar-refractivity contribution in [2.24, 2.45) is 13.0 Å². The number of anilines is 1. The third-order valence-electron chi connectivity index (χ3n) is 4.09. The summed E-state index contributed by atoms with van der Waals surface area (Å²) in [6, 6.07) is 7.65. The number of nitrogens with one attached hydrogen (secondary N) is 1. The van der Waals surface area contributed by atoms with Crippen molar-refractivity contribution in [2.45, 2.75) is 46.0 Å². The van der Waals surface area contributed by atoms with Gasteiger partial charge in [0.05, 0.1) is 6.42 Å². The fourth-order valence-corrected chi connectivity index (χ4v) is 3.12. The number of hydrogen-bond acceptors (Lipinski definition) is 2. The monoisotopic (exact) mass is 349 g/mol. The Hall–Kier alpha value is -2.24. The Balaban J connectivity index is 2.14. The predicted octanol–water partition coefficient (Wildman–Crippen LogP) is 4.69. The maximum Gasteiger partial charge on any atom is 0.282 e. The summed E-state index contributed by atoms with van der Waals surface area (Å²) >= 11 is 0. The lowest BCUT2D eigenvalue weighted by Gasteiger charge is -2.18. The van der Waals surface area contributed by atoms with Crippen molar-refractivity contribution in [3.05, 3.63) is 47.3 Å². The van der Waals surface area contributed by atoms with Gasteiger partial charge in [-0.05, 0) is 29.9 Å². The average molecular weight is 349 g/mol. The first-order chi connectivity index (χ1) is 11.8. The molecule has 1 heterocycles. The molecule has 1 unspecified atom stereocenters. The van der Waals surface area contributed by atoms with Gasteiger partial charge in [0.1, 0.15) is 5.69 Å². The molecule has 0 fully saturated rings. The predicted molar refractivity (Wildman–Crippen MR) is 94.8 cm³/mol. The minimum Gasteiger partial charge on any atom is -0.326 e. The van der Waals surface area contributed by atoms with Crippen molar-refractivity contribution in [2.75, 3.05) is 5.32 Å². The van der Waals surface area contributed by atoms with Crippen LogP contribution in [0.2, 0.25) is 0 Å². The van der Waals surface area contributed by atoms with Gasteiger partial charge in [-0.25, -0.2) is 8.78 Å². The smallest absolute Gasteiger partial charge is 0.282 e. The number of carbonyl (C=O) groups is 1. The Bertz CT molecular complexity index is 725. The lowest BCUT2D eigenvalue weighted by molar-refractivity contribution is -0.115. The molecule has 2 rings (SSSR count). The van der Waals surface area contributed by atoms with Gasteiger partial charge < -0.3 is 5.32 Å².